The van der Waals surface area contributed by atoms with Crippen LogP contribution in [-0.4, -0.2) is 17.8 Å². The third-order valence-electron chi connectivity index (χ3n) is 3.21. The summed E-state index contributed by atoms with van der Waals surface area (Å²) in [5.41, 5.74) is 0.225. The summed E-state index contributed by atoms with van der Waals surface area (Å²) >= 11 is 5.84. The highest BCUT2D eigenvalue weighted by molar-refractivity contribution is 7.94. The number of aromatic nitrogens is 2. The van der Waals surface area contributed by atoms with Gasteiger partial charge in [-0.05, 0) is 18.6 Å². The molecule has 0 spiro atoms. The Bertz CT molecular complexity index is 779. The predicted molar refractivity (Wildman–Crippen MR) is 79.1 cm³/mol. The van der Waals surface area contributed by atoms with Crippen LogP contribution in [0.5, 0.6) is 0 Å². The molecule has 0 saturated heterocycles. The van der Waals surface area contributed by atoms with Gasteiger partial charge in [-0.25, -0.2) is 8.42 Å². The van der Waals surface area contributed by atoms with Crippen LogP contribution in [0.1, 0.15) is 12.1 Å². The minimum Gasteiger partial charge on any atom is -0.289 e. The molecule has 0 aliphatic heterocycles. The number of hydrogen-bond acceptors (Lipinski definition) is 3. The predicted octanol–water partition coefficient (Wildman–Crippen LogP) is 1.61. The maximum atomic E-state index is 12.4. The highest BCUT2D eigenvalue weighted by Gasteiger charge is 2.20. The molecule has 0 saturated carbocycles. The van der Waals surface area contributed by atoms with E-state index in [0.717, 1.165) is 0 Å². The van der Waals surface area contributed by atoms with Crippen LogP contribution in [-0.2, 0) is 29.7 Å². The summed E-state index contributed by atoms with van der Waals surface area (Å²) in [7, 11) is -0.255. The quantitative estimate of drug-likeness (QED) is 0.851. The van der Waals surface area contributed by atoms with Crippen LogP contribution in [0.3, 0.4) is 0 Å². The first kappa shape index (κ1) is 14.9. The molecule has 0 atom stereocenters. The van der Waals surface area contributed by atoms with Gasteiger partial charge in [-0.1, -0.05) is 23.8 Å². The molecule has 0 aromatic carbocycles. The molecule has 0 amide bonds. The standard InChI is InChI=1S/C13H15ClN2O3S/c1-15-11(8-13(17)16(15)2)9-20(18,19)12-5-3-4-10(14)6-7-12/h4-8H,3,9H2,1-2H3. The average Bonchev–Trinajstić information content (AvgIpc) is 2.59. The second-order valence-corrected chi connectivity index (χ2v) is 6.97. The van der Waals surface area contributed by atoms with Gasteiger partial charge in [-0.2, -0.15) is 0 Å². The summed E-state index contributed by atoms with van der Waals surface area (Å²) in [4.78, 5) is 11.7. The second kappa shape index (κ2) is 5.46. The fourth-order valence-corrected chi connectivity index (χ4v) is 3.50. The van der Waals surface area contributed by atoms with E-state index in [9.17, 15) is 13.2 Å². The molecule has 1 aliphatic rings. The Morgan fingerprint density at radius 2 is 1.90 bits per heavy atom. The SMILES string of the molecule is Cn1c(CS(=O)(=O)C2=CCC=C(Cl)C=C2)cc(=O)n1C. The summed E-state index contributed by atoms with van der Waals surface area (Å²) in [5.74, 6) is -0.215. The van der Waals surface area contributed by atoms with Crippen molar-refractivity contribution >= 4 is 21.4 Å². The van der Waals surface area contributed by atoms with Crippen molar-refractivity contribution in [2.75, 3.05) is 0 Å². The van der Waals surface area contributed by atoms with Gasteiger partial charge in [-0.3, -0.25) is 14.2 Å². The average molecular weight is 315 g/mol. The van der Waals surface area contributed by atoms with Crippen LogP contribution in [0.15, 0.2) is 45.1 Å². The van der Waals surface area contributed by atoms with E-state index in [4.69, 9.17) is 11.6 Å². The van der Waals surface area contributed by atoms with Crippen molar-refractivity contribution in [3.8, 4) is 0 Å². The number of sulfone groups is 1. The Morgan fingerprint density at radius 3 is 2.50 bits per heavy atom. The first-order valence-electron chi connectivity index (χ1n) is 6.00. The number of halogens is 1. The smallest absolute Gasteiger partial charge is 0.266 e. The lowest BCUT2D eigenvalue weighted by Gasteiger charge is -2.07. The molecule has 2 rings (SSSR count). The highest BCUT2D eigenvalue weighted by atomic mass is 35.5. The van der Waals surface area contributed by atoms with Crippen LogP contribution in [0.2, 0.25) is 0 Å². The Balaban J connectivity index is 2.33. The van der Waals surface area contributed by atoms with E-state index < -0.39 is 9.84 Å². The minimum absolute atomic E-state index is 0.215. The van der Waals surface area contributed by atoms with Gasteiger partial charge in [0.2, 0.25) is 0 Å². The van der Waals surface area contributed by atoms with Crippen LogP contribution >= 0.6 is 11.6 Å². The lowest BCUT2D eigenvalue weighted by Crippen LogP contribution is -2.17. The van der Waals surface area contributed by atoms with Crippen LogP contribution in [0.4, 0.5) is 0 Å². The zero-order valence-corrected chi connectivity index (χ0v) is 12.8. The Kier molecular flexibility index (Phi) is 4.06. The van der Waals surface area contributed by atoms with Gasteiger partial charge in [0, 0.05) is 25.2 Å². The third-order valence-corrected chi connectivity index (χ3v) is 5.19. The summed E-state index contributed by atoms with van der Waals surface area (Å²) < 4.78 is 27.6. The fraction of sp³-hybridized carbons (Fsp3) is 0.308. The molecule has 0 bridgehead atoms. The van der Waals surface area contributed by atoms with Gasteiger partial charge in [0.05, 0.1) is 16.4 Å². The topological polar surface area (TPSA) is 61.1 Å². The summed E-state index contributed by atoms with van der Waals surface area (Å²) in [6.07, 6.45) is 6.86. The van der Waals surface area contributed by atoms with Crippen LogP contribution in [0.25, 0.3) is 0 Å². The van der Waals surface area contributed by atoms with E-state index in [2.05, 4.69) is 0 Å². The number of rotatable bonds is 3. The molecule has 0 fully saturated rings. The van der Waals surface area contributed by atoms with Crippen molar-refractivity contribution in [3.05, 3.63) is 56.4 Å². The second-order valence-electron chi connectivity index (χ2n) is 4.54. The zero-order chi connectivity index (χ0) is 14.9. The van der Waals surface area contributed by atoms with E-state index >= 15 is 0 Å². The molecular formula is C13H15ClN2O3S. The summed E-state index contributed by atoms with van der Waals surface area (Å²) in [6, 6.07) is 1.34. The van der Waals surface area contributed by atoms with Gasteiger partial charge < -0.3 is 0 Å². The van der Waals surface area contributed by atoms with E-state index in [1.165, 1.54) is 21.5 Å². The Morgan fingerprint density at radius 1 is 1.20 bits per heavy atom. The molecule has 1 aliphatic carbocycles. The maximum Gasteiger partial charge on any atom is 0.266 e. The lowest BCUT2D eigenvalue weighted by molar-refractivity contribution is 0.558. The molecule has 0 N–H and O–H groups in total. The lowest BCUT2D eigenvalue weighted by atomic mass is 10.4. The van der Waals surface area contributed by atoms with E-state index in [-0.39, 0.29) is 16.2 Å². The molecule has 0 radical (unpaired) electrons. The number of allylic oxidation sites excluding steroid dienone is 5. The summed E-state index contributed by atoms with van der Waals surface area (Å²) in [5, 5.41) is 0.513. The molecule has 0 unspecified atom stereocenters. The summed E-state index contributed by atoms with van der Waals surface area (Å²) in [6.45, 7) is 0. The van der Waals surface area contributed by atoms with Crippen molar-refractivity contribution in [2.24, 2.45) is 14.1 Å². The third kappa shape index (κ3) is 2.96. The fourth-order valence-electron chi connectivity index (χ4n) is 1.90. The molecule has 7 heteroatoms. The molecule has 1 heterocycles. The Labute approximate surface area is 122 Å². The first-order chi connectivity index (χ1) is 9.31. The van der Waals surface area contributed by atoms with Gasteiger partial charge in [-0.15, -0.1) is 0 Å². The largest absolute Gasteiger partial charge is 0.289 e. The van der Waals surface area contributed by atoms with Gasteiger partial charge in [0.25, 0.3) is 5.56 Å². The number of nitrogens with zero attached hydrogens (tertiary/aromatic N) is 2. The highest BCUT2D eigenvalue weighted by Crippen LogP contribution is 2.20. The first-order valence-corrected chi connectivity index (χ1v) is 8.03. The zero-order valence-electron chi connectivity index (χ0n) is 11.2. The molecule has 1 aromatic heterocycles. The molecule has 5 nitrogen and oxygen atoms in total. The van der Waals surface area contributed by atoms with Crippen LogP contribution in [0, 0.1) is 0 Å². The molecule has 20 heavy (non-hydrogen) atoms. The van der Waals surface area contributed by atoms with Crippen molar-refractivity contribution in [1.29, 1.82) is 0 Å². The minimum atomic E-state index is -3.50. The van der Waals surface area contributed by atoms with Gasteiger partial charge in [0.1, 0.15) is 0 Å². The maximum absolute atomic E-state index is 12.4. The van der Waals surface area contributed by atoms with Gasteiger partial charge in [0.15, 0.2) is 9.84 Å². The van der Waals surface area contributed by atoms with E-state index in [1.807, 2.05) is 0 Å². The monoisotopic (exact) mass is 314 g/mol. The Hall–Kier alpha value is -1.53. The van der Waals surface area contributed by atoms with Crippen molar-refractivity contribution < 1.29 is 8.42 Å². The van der Waals surface area contributed by atoms with Crippen molar-refractivity contribution in [1.82, 2.24) is 9.36 Å². The van der Waals surface area contributed by atoms with Crippen LogP contribution < -0.4 is 5.56 Å². The van der Waals surface area contributed by atoms with Gasteiger partial charge >= 0.3 is 0 Å². The van der Waals surface area contributed by atoms with Crippen molar-refractivity contribution in [2.45, 2.75) is 12.2 Å². The van der Waals surface area contributed by atoms with Crippen molar-refractivity contribution in [3.63, 3.8) is 0 Å². The molecule has 108 valence electrons. The normalized spacial score (nSPS) is 15.8. The van der Waals surface area contributed by atoms with E-state index in [1.54, 1.807) is 32.3 Å². The van der Waals surface area contributed by atoms with E-state index in [0.29, 0.717) is 17.1 Å². The number of hydrogen-bond donors (Lipinski definition) is 0. The molecule has 1 aromatic rings. The molecular weight excluding hydrogens is 300 g/mol.